The van der Waals surface area contributed by atoms with Gasteiger partial charge >= 0.3 is 0 Å². The fourth-order valence-corrected chi connectivity index (χ4v) is 4.87. The smallest absolute Gasteiger partial charge is 0.264 e. The van der Waals surface area contributed by atoms with Crippen LogP contribution in [0.25, 0.3) is 0 Å². The van der Waals surface area contributed by atoms with Crippen molar-refractivity contribution >= 4 is 55.1 Å². The zero-order valence-corrected chi connectivity index (χ0v) is 18.7. The van der Waals surface area contributed by atoms with E-state index in [1.54, 1.807) is 36.4 Å². The second-order valence-corrected chi connectivity index (χ2v) is 9.87. The third-order valence-electron chi connectivity index (χ3n) is 3.92. The van der Waals surface area contributed by atoms with Crippen LogP contribution in [0.3, 0.4) is 0 Å². The lowest BCUT2D eigenvalue weighted by molar-refractivity contribution is -0.119. The van der Waals surface area contributed by atoms with Gasteiger partial charge in [-0.15, -0.1) is 11.3 Å². The number of benzene rings is 2. The molecule has 0 saturated carbocycles. The van der Waals surface area contributed by atoms with Gasteiger partial charge in [0.25, 0.3) is 15.9 Å². The number of sulfonamides is 1. The molecule has 2 aromatic carbocycles. The molecule has 0 saturated heterocycles. The normalized spacial score (nSPS) is 11.5. The Bertz CT molecular complexity index is 1110. The van der Waals surface area contributed by atoms with Crippen LogP contribution >= 0.6 is 27.3 Å². The summed E-state index contributed by atoms with van der Waals surface area (Å²) in [7, 11) is -3.95. The van der Waals surface area contributed by atoms with Gasteiger partial charge in [-0.2, -0.15) is 5.10 Å². The van der Waals surface area contributed by atoms with E-state index >= 15 is 0 Å². The van der Waals surface area contributed by atoms with Crippen LogP contribution in [0, 0.1) is 6.92 Å². The number of rotatable bonds is 7. The topological polar surface area (TPSA) is 78.8 Å². The highest BCUT2D eigenvalue weighted by Gasteiger charge is 2.27. The molecule has 1 heterocycles. The van der Waals surface area contributed by atoms with E-state index in [1.165, 1.54) is 29.7 Å². The summed E-state index contributed by atoms with van der Waals surface area (Å²) < 4.78 is 28.3. The summed E-state index contributed by atoms with van der Waals surface area (Å²) in [5.41, 5.74) is 3.70. The number of aryl methyl sites for hydroxylation is 1. The SMILES string of the molecule is Cc1ccc(S(=O)(=O)N(CC(=O)N/N=C\c2cccs2)c2cccc(Br)c2)cc1. The number of halogens is 1. The summed E-state index contributed by atoms with van der Waals surface area (Å²) in [5, 5.41) is 5.79. The quantitative estimate of drug-likeness (QED) is 0.397. The van der Waals surface area contributed by atoms with Gasteiger partial charge in [0, 0.05) is 9.35 Å². The second kappa shape index (κ2) is 9.34. The Labute approximate surface area is 182 Å². The molecule has 1 N–H and O–H groups in total. The third-order valence-corrected chi connectivity index (χ3v) is 7.00. The summed E-state index contributed by atoms with van der Waals surface area (Å²) in [4.78, 5) is 13.4. The zero-order valence-electron chi connectivity index (χ0n) is 15.4. The minimum atomic E-state index is -3.95. The molecule has 0 bridgehead atoms. The van der Waals surface area contributed by atoms with Crippen molar-refractivity contribution in [2.75, 3.05) is 10.8 Å². The highest BCUT2D eigenvalue weighted by Crippen LogP contribution is 2.26. The average Bonchev–Trinajstić information content (AvgIpc) is 3.20. The molecule has 29 heavy (non-hydrogen) atoms. The van der Waals surface area contributed by atoms with Gasteiger partial charge in [0.2, 0.25) is 0 Å². The van der Waals surface area contributed by atoms with Crippen LogP contribution in [0.15, 0.2) is 80.5 Å². The van der Waals surface area contributed by atoms with Gasteiger partial charge < -0.3 is 0 Å². The lowest BCUT2D eigenvalue weighted by Gasteiger charge is -2.24. The van der Waals surface area contributed by atoms with Gasteiger partial charge in [0.05, 0.1) is 16.8 Å². The van der Waals surface area contributed by atoms with Crippen molar-refractivity contribution < 1.29 is 13.2 Å². The Balaban J connectivity index is 1.87. The first-order chi connectivity index (χ1) is 13.9. The molecule has 0 aliphatic carbocycles. The molecule has 3 aromatic rings. The molecule has 9 heteroatoms. The number of nitrogens with zero attached hydrogens (tertiary/aromatic N) is 2. The van der Waals surface area contributed by atoms with E-state index in [0.29, 0.717) is 10.2 Å². The summed E-state index contributed by atoms with van der Waals surface area (Å²) in [6.07, 6.45) is 1.51. The molecule has 0 unspecified atom stereocenters. The van der Waals surface area contributed by atoms with E-state index in [0.717, 1.165) is 14.7 Å². The zero-order chi connectivity index (χ0) is 20.9. The predicted octanol–water partition coefficient (Wildman–Crippen LogP) is 4.16. The molecule has 1 aromatic heterocycles. The number of hydrogen-bond acceptors (Lipinski definition) is 5. The van der Waals surface area contributed by atoms with Crippen LogP contribution in [0.5, 0.6) is 0 Å². The van der Waals surface area contributed by atoms with Gasteiger partial charge in [-0.05, 0) is 48.7 Å². The fraction of sp³-hybridized carbons (Fsp3) is 0.100. The van der Waals surface area contributed by atoms with E-state index in [4.69, 9.17) is 0 Å². The molecule has 0 aliphatic heterocycles. The fourth-order valence-electron chi connectivity index (χ4n) is 2.48. The Morgan fingerprint density at radius 2 is 1.93 bits per heavy atom. The number of amides is 1. The molecule has 0 atom stereocenters. The Morgan fingerprint density at radius 3 is 2.59 bits per heavy atom. The van der Waals surface area contributed by atoms with Crippen LogP contribution in [-0.2, 0) is 14.8 Å². The van der Waals surface area contributed by atoms with Gasteiger partial charge in [0.15, 0.2) is 0 Å². The summed E-state index contributed by atoms with van der Waals surface area (Å²) >= 11 is 4.83. The number of hydrazone groups is 1. The van der Waals surface area contributed by atoms with E-state index in [9.17, 15) is 13.2 Å². The molecule has 3 rings (SSSR count). The van der Waals surface area contributed by atoms with Crippen LogP contribution < -0.4 is 9.73 Å². The van der Waals surface area contributed by atoms with Crippen molar-refractivity contribution in [3.63, 3.8) is 0 Å². The third kappa shape index (κ3) is 5.53. The molecular formula is C20H18BrN3O3S2. The van der Waals surface area contributed by atoms with Crippen molar-refractivity contribution in [2.24, 2.45) is 5.10 Å². The summed E-state index contributed by atoms with van der Waals surface area (Å²) in [6, 6.07) is 17.0. The Kier molecular flexibility index (Phi) is 6.83. The van der Waals surface area contributed by atoms with E-state index in [2.05, 4.69) is 26.5 Å². The minimum Gasteiger partial charge on any atom is -0.271 e. The maximum atomic E-state index is 13.2. The molecule has 6 nitrogen and oxygen atoms in total. The first-order valence-electron chi connectivity index (χ1n) is 8.56. The number of carbonyl (C=O) groups is 1. The van der Waals surface area contributed by atoms with Crippen molar-refractivity contribution in [3.8, 4) is 0 Å². The number of thiophene rings is 1. The first kappa shape index (κ1) is 21.2. The van der Waals surface area contributed by atoms with Gasteiger partial charge in [-0.25, -0.2) is 13.8 Å². The largest absolute Gasteiger partial charge is 0.271 e. The van der Waals surface area contributed by atoms with Crippen LogP contribution in [0.2, 0.25) is 0 Å². The van der Waals surface area contributed by atoms with Crippen LogP contribution in [0.1, 0.15) is 10.4 Å². The molecular weight excluding hydrogens is 474 g/mol. The maximum absolute atomic E-state index is 13.2. The standard InChI is InChI=1S/C20H18BrN3O3S2/c1-15-7-9-19(10-8-15)29(26,27)24(17-5-2-4-16(21)12-17)14-20(25)23-22-13-18-6-3-11-28-18/h2-13H,14H2,1H3,(H,23,25)/b22-13-. The lowest BCUT2D eigenvalue weighted by Crippen LogP contribution is -2.39. The van der Waals surface area contributed by atoms with E-state index in [-0.39, 0.29) is 4.90 Å². The van der Waals surface area contributed by atoms with Gasteiger partial charge in [-0.3, -0.25) is 9.10 Å². The highest BCUT2D eigenvalue weighted by atomic mass is 79.9. The average molecular weight is 492 g/mol. The number of nitrogens with one attached hydrogen (secondary N) is 1. The van der Waals surface area contributed by atoms with Crippen molar-refractivity contribution in [3.05, 3.63) is 81.0 Å². The molecule has 150 valence electrons. The molecule has 0 fully saturated rings. The first-order valence-corrected chi connectivity index (χ1v) is 11.7. The monoisotopic (exact) mass is 491 g/mol. The van der Waals surface area contributed by atoms with Gasteiger partial charge in [-0.1, -0.05) is 45.8 Å². The number of hydrogen-bond donors (Lipinski definition) is 1. The van der Waals surface area contributed by atoms with Crippen LogP contribution in [0.4, 0.5) is 5.69 Å². The number of anilines is 1. The van der Waals surface area contributed by atoms with E-state index in [1.807, 2.05) is 24.4 Å². The van der Waals surface area contributed by atoms with Crippen molar-refractivity contribution in [1.29, 1.82) is 0 Å². The Hall–Kier alpha value is -2.49. The molecule has 0 aliphatic rings. The van der Waals surface area contributed by atoms with E-state index < -0.39 is 22.5 Å². The van der Waals surface area contributed by atoms with Crippen molar-refractivity contribution in [2.45, 2.75) is 11.8 Å². The Morgan fingerprint density at radius 1 is 1.17 bits per heavy atom. The number of carbonyl (C=O) groups excluding carboxylic acids is 1. The molecule has 1 amide bonds. The minimum absolute atomic E-state index is 0.109. The predicted molar refractivity (Wildman–Crippen MR) is 120 cm³/mol. The van der Waals surface area contributed by atoms with Crippen LogP contribution in [-0.4, -0.2) is 27.1 Å². The summed E-state index contributed by atoms with van der Waals surface area (Å²) in [5.74, 6) is -0.548. The molecule has 0 radical (unpaired) electrons. The maximum Gasteiger partial charge on any atom is 0.264 e. The second-order valence-electron chi connectivity index (χ2n) is 6.11. The van der Waals surface area contributed by atoms with Gasteiger partial charge in [0.1, 0.15) is 6.54 Å². The highest BCUT2D eigenvalue weighted by molar-refractivity contribution is 9.10. The van der Waals surface area contributed by atoms with Crippen molar-refractivity contribution in [1.82, 2.24) is 5.43 Å². The lowest BCUT2D eigenvalue weighted by atomic mass is 10.2. The summed E-state index contributed by atoms with van der Waals surface area (Å²) in [6.45, 7) is 1.47. The molecule has 0 spiro atoms.